The maximum absolute atomic E-state index is 12.7. The van der Waals surface area contributed by atoms with E-state index in [-0.39, 0.29) is 11.8 Å². The van der Waals surface area contributed by atoms with Gasteiger partial charge in [0.15, 0.2) is 0 Å². The van der Waals surface area contributed by atoms with Crippen LogP contribution in [0, 0.1) is 12.8 Å². The molecule has 7 heteroatoms. The largest absolute Gasteiger partial charge is 0.441 e. The Kier molecular flexibility index (Phi) is 6.96. The van der Waals surface area contributed by atoms with Crippen LogP contribution in [0.4, 0.5) is 0 Å². The van der Waals surface area contributed by atoms with Gasteiger partial charge in [-0.15, -0.1) is 0 Å². The number of carbonyl (C=O) groups is 1. The molecule has 1 amide bonds. The van der Waals surface area contributed by atoms with Crippen LogP contribution < -0.4 is 5.32 Å². The van der Waals surface area contributed by atoms with E-state index < -0.39 is 0 Å². The van der Waals surface area contributed by atoms with Crippen molar-refractivity contribution in [3.63, 3.8) is 0 Å². The van der Waals surface area contributed by atoms with E-state index in [1.165, 1.54) is 0 Å². The summed E-state index contributed by atoms with van der Waals surface area (Å²) in [5, 5.41) is 4.36. The number of oxazole rings is 1. The first kappa shape index (κ1) is 21.9. The fourth-order valence-electron chi connectivity index (χ4n) is 3.91. The minimum absolute atomic E-state index is 0.0455. The Morgan fingerprint density at radius 1 is 1.23 bits per heavy atom. The first-order valence-electron chi connectivity index (χ1n) is 10.5. The fraction of sp³-hybridized carbons (Fsp3) is 0.333. The van der Waals surface area contributed by atoms with Gasteiger partial charge in [-0.25, -0.2) is 4.98 Å². The Morgan fingerprint density at radius 2 is 2.06 bits per heavy atom. The average molecular weight is 458 g/mol. The highest BCUT2D eigenvalue weighted by atomic mass is 35.5. The number of likely N-dealkylation sites (tertiary alicyclic amines) is 1. The molecule has 2 heterocycles. The summed E-state index contributed by atoms with van der Waals surface area (Å²) in [7, 11) is 0. The van der Waals surface area contributed by atoms with E-state index in [9.17, 15) is 4.79 Å². The molecule has 0 radical (unpaired) electrons. The third kappa shape index (κ3) is 5.48. The first-order valence-corrected chi connectivity index (χ1v) is 11.2. The summed E-state index contributed by atoms with van der Waals surface area (Å²) >= 11 is 12.3. The molecule has 5 nitrogen and oxygen atoms in total. The van der Waals surface area contributed by atoms with Crippen LogP contribution in [-0.4, -0.2) is 28.9 Å². The molecule has 1 saturated heterocycles. The lowest BCUT2D eigenvalue weighted by molar-refractivity contribution is -0.127. The van der Waals surface area contributed by atoms with Crippen LogP contribution in [0.1, 0.15) is 29.9 Å². The second-order valence-electron chi connectivity index (χ2n) is 7.92. The minimum Gasteiger partial charge on any atom is -0.441 e. The van der Waals surface area contributed by atoms with E-state index >= 15 is 0 Å². The zero-order valence-electron chi connectivity index (χ0n) is 17.4. The summed E-state index contributed by atoms with van der Waals surface area (Å²) in [6, 6.07) is 15.1. The highest BCUT2D eigenvalue weighted by molar-refractivity contribution is 6.31. The number of hydrogen-bond acceptors (Lipinski definition) is 4. The lowest BCUT2D eigenvalue weighted by Gasteiger charge is -2.31. The minimum atomic E-state index is -0.0455. The Hall–Kier alpha value is -2.34. The van der Waals surface area contributed by atoms with E-state index in [2.05, 4.69) is 15.2 Å². The molecule has 2 aromatic carbocycles. The number of aryl methyl sites for hydroxylation is 1. The van der Waals surface area contributed by atoms with Crippen LogP contribution in [0.25, 0.3) is 11.5 Å². The summed E-state index contributed by atoms with van der Waals surface area (Å²) < 4.78 is 5.88. The molecule has 31 heavy (non-hydrogen) atoms. The summed E-state index contributed by atoms with van der Waals surface area (Å²) in [6.45, 7) is 4.67. The monoisotopic (exact) mass is 457 g/mol. The highest BCUT2D eigenvalue weighted by Crippen LogP contribution is 2.26. The van der Waals surface area contributed by atoms with Crippen molar-refractivity contribution in [2.45, 2.75) is 32.9 Å². The van der Waals surface area contributed by atoms with Crippen LogP contribution in [0.15, 0.2) is 52.9 Å². The van der Waals surface area contributed by atoms with Gasteiger partial charge in [-0.1, -0.05) is 47.5 Å². The Morgan fingerprint density at radius 3 is 2.87 bits per heavy atom. The Labute approximate surface area is 192 Å². The van der Waals surface area contributed by atoms with E-state index in [0.29, 0.717) is 35.6 Å². The van der Waals surface area contributed by atoms with E-state index in [1.807, 2.05) is 55.5 Å². The molecule has 1 N–H and O–H groups in total. The molecule has 0 aliphatic carbocycles. The smallest absolute Gasteiger partial charge is 0.226 e. The van der Waals surface area contributed by atoms with Crippen molar-refractivity contribution in [1.29, 1.82) is 0 Å². The molecule has 1 unspecified atom stereocenters. The van der Waals surface area contributed by atoms with Gasteiger partial charge in [0.1, 0.15) is 5.76 Å². The van der Waals surface area contributed by atoms with Crippen LogP contribution in [0.2, 0.25) is 10.0 Å². The number of rotatable bonds is 6. The summed E-state index contributed by atoms with van der Waals surface area (Å²) in [6.07, 6.45) is 1.86. The van der Waals surface area contributed by atoms with Gasteiger partial charge in [-0.2, -0.15) is 0 Å². The van der Waals surface area contributed by atoms with Crippen molar-refractivity contribution in [3.05, 3.63) is 75.6 Å². The molecular formula is C24H25Cl2N3O2. The normalized spacial score (nSPS) is 16.9. The first-order chi connectivity index (χ1) is 15.0. The number of piperidine rings is 1. The van der Waals surface area contributed by atoms with Gasteiger partial charge in [0.05, 0.1) is 11.6 Å². The molecule has 3 aromatic rings. The summed E-state index contributed by atoms with van der Waals surface area (Å²) in [5.74, 6) is 1.39. The van der Waals surface area contributed by atoms with Crippen molar-refractivity contribution in [3.8, 4) is 11.5 Å². The SMILES string of the molecule is Cc1oc(-c2cccc(Cl)c2)nc1CN1CCCC(C(=O)NCc2ccccc2Cl)C1. The second-order valence-corrected chi connectivity index (χ2v) is 8.76. The van der Waals surface area contributed by atoms with Crippen molar-refractivity contribution in [2.24, 2.45) is 5.92 Å². The third-order valence-corrected chi connectivity index (χ3v) is 6.23. The van der Waals surface area contributed by atoms with Gasteiger partial charge in [-0.05, 0) is 56.1 Å². The standard InChI is InChI=1S/C24H25Cl2N3O2/c1-16-22(28-24(31-16)17-7-4-9-20(25)12-17)15-29-11-5-8-19(14-29)23(30)27-13-18-6-2-3-10-21(18)26/h2-4,6-7,9-10,12,19H,5,8,11,13-15H2,1H3,(H,27,30). The summed E-state index contributed by atoms with van der Waals surface area (Å²) in [4.78, 5) is 19.7. The van der Waals surface area contributed by atoms with Gasteiger partial charge in [0, 0.05) is 35.2 Å². The number of nitrogens with one attached hydrogen (secondary N) is 1. The molecule has 162 valence electrons. The van der Waals surface area contributed by atoms with E-state index in [4.69, 9.17) is 27.6 Å². The van der Waals surface area contributed by atoms with E-state index in [1.54, 1.807) is 0 Å². The maximum atomic E-state index is 12.7. The fourth-order valence-corrected chi connectivity index (χ4v) is 4.31. The van der Waals surface area contributed by atoms with Crippen LogP contribution in [-0.2, 0) is 17.9 Å². The quantitative estimate of drug-likeness (QED) is 0.531. The van der Waals surface area contributed by atoms with Crippen molar-refractivity contribution < 1.29 is 9.21 Å². The zero-order valence-corrected chi connectivity index (χ0v) is 18.9. The molecule has 0 saturated carbocycles. The van der Waals surface area contributed by atoms with Crippen LogP contribution in [0.3, 0.4) is 0 Å². The topological polar surface area (TPSA) is 58.4 Å². The van der Waals surface area contributed by atoms with Crippen LogP contribution >= 0.6 is 23.2 Å². The number of carbonyl (C=O) groups excluding carboxylic acids is 1. The Bertz CT molecular complexity index is 1070. The third-order valence-electron chi connectivity index (χ3n) is 5.62. The number of nitrogens with zero attached hydrogens (tertiary/aromatic N) is 2. The lowest BCUT2D eigenvalue weighted by Crippen LogP contribution is -2.42. The van der Waals surface area contributed by atoms with Gasteiger partial charge >= 0.3 is 0 Å². The lowest BCUT2D eigenvalue weighted by atomic mass is 9.97. The predicted molar refractivity (Wildman–Crippen MR) is 123 cm³/mol. The molecule has 1 aliphatic rings. The van der Waals surface area contributed by atoms with Crippen molar-refractivity contribution >= 4 is 29.1 Å². The van der Waals surface area contributed by atoms with Gasteiger partial charge in [0.25, 0.3) is 0 Å². The molecular weight excluding hydrogens is 433 g/mol. The zero-order chi connectivity index (χ0) is 21.8. The van der Waals surface area contributed by atoms with Gasteiger partial charge in [-0.3, -0.25) is 9.69 Å². The molecule has 1 atom stereocenters. The molecule has 0 spiro atoms. The second kappa shape index (κ2) is 9.86. The Balaban J connectivity index is 1.37. The van der Waals surface area contributed by atoms with Crippen molar-refractivity contribution in [2.75, 3.05) is 13.1 Å². The highest BCUT2D eigenvalue weighted by Gasteiger charge is 2.27. The molecule has 1 fully saturated rings. The number of aromatic nitrogens is 1. The number of halogens is 2. The predicted octanol–water partition coefficient (Wildman–Crippen LogP) is 5.49. The average Bonchev–Trinajstić information content (AvgIpc) is 3.13. The van der Waals surface area contributed by atoms with Gasteiger partial charge < -0.3 is 9.73 Å². The van der Waals surface area contributed by atoms with Crippen molar-refractivity contribution in [1.82, 2.24) is 15.2 Å². The molecule has 1 aliphatic heterocycles. The molecule has 4 rings (SSSR count). The van der Waals surface area contributed by atoms with E-state index in [0.717, 1.165) is 42.0 Å². The van der Waals surface area contributed by atoms with Gasteiger partial charge in [0.2, 0.25) is 11.8 Å². The van der Waals surface area contributed by atoms with Crippen LogP contribution in [0.5, 0.6) is 0 Å². The summed E-state index contributed by atoms with van der Waals surface area (Å²) in [5.41, 5.74) is 2.68. The molecule has 0 bridgehead atoms. The maximum Gasteiger partial charge on any atom is 0.226 e. The number of benzene rings is 2. The number of hydrogen-bond donors (Lipinski definition) is 1. The molecule has 1 aromatic heterocycles. The number of amides is 1.